The maximum atomic E-state index is 11.5. The van der Waals surface area contributed by atoms with Crippen LogP contribution in [-0.2, 0) is 42.7 Å². The Morgan fingerprint density at radius 2 is 1.00 bits per heavy atom. The number of benzene rings is 1. The molecule has 0 aliphatic rings. The van der Waals surface area contributed by atoms with E-state index in [1.165, 1.54) is 0 Å². The molecule has 11 nitrogen and oxygen atoms in total. The first-order valence-electron chi connectivity index (χ1n) is 14.4. The van der Waals surface area contributed by atoms with Crippen molar-refractivity contribution >= 4 is 11.7 Å². The van der Waals surface area contributed by atoms with Crippen LogP contribution >= 0.6 is 0 Å². The highest BCUT2D eigenvalue weighted by Gasteiger charge is 2.02. The van der Waals surface area contributed by atoms with Crippen molar-refractivity contribution in [2.45, 2.75) is 39.0 Å². The first kappa shape index (κ1) is 36.0. The summed E-state index contributed by atoms with van der Waals surface area (Å²) in [6.07, 6.45) is 4.77. The summed E-state index contributed by atoms with van der Waals surface area (Å²) in [6, 6.07) is 7.37. The Bertz CT molecular complexity index is 695. The Morgan fingerprint density at radius 1 is 0.575 bits per heavy atom. The van der Waals surface area contributed by atoms with Crippen molar-refractivity contribution in [1.29, 1.82) is 0 Å². The van der Waals surface area contributed by atoms with Gasteiger partial charge in [-0.2, -0.15) is 0 Å². The minimum atomic E-state index is -0.151. The average Bonchev–Trinajstić information content (AvgIpc) is 2.96. The zero-order chi connectivity index (χ0) is 28.8. The molecule has 0 unspecified atom stereocenters. The number of hydrogen-bond donors (Lipinski definition) is 1. The first-order valence-corrected chi connectivity index (χ1v) is 14.4. The van der Waals surface area contributed by atoms with Crippen LogP contribution in [0.1, 0.15) is 39.0 Å². The molecule has 232 valence electrons. The molecule has 0 aromatic heterocycles. The Kier molecular flexibility index (Phi) is 25.7. The lowest BCUT2D eigenvalue weighted by Gasteiger charge is -2.09. The highest BCUT2D eigenvalue weighted by atomic mass is 16.6. The van der Waals surface area contributed by atoms with Gasteiger partial charge in [0.25, 0.3) is 0 Å². The molecular weight excluding hydrogens is 522 g/mol. The molecule has 0 amide bonds. The molecule has 11 heteroatoms. The Labute approximate surface area is 239 Å². The quantitative estimate of drug-likeness (QED) is 0.0828. The first-order chi connectivity index (χ1) is 19.7. The third-order valence-electron chi connectivity index (χ3n) is 5.36. The van der Waals surface area contributed by atoms with E-state index < -0.39 is 0 Å². The van der Waals surface area contributed by atoms with Crippen molar-refractivity contribution in [3.8, 4) is 5.75 Å². The molecule has 0 aliphatic heterocycles. The van der Waals surface area contributed by atoms with Crippen molar-refractivity contribution < 1.29 is 47.4 Å². The number of carbonyl (C=O) groups is 1. The molecule has 0 fully saturated rings. The van der Waals surface area contributed by atoms with E-state index in [0.29, 0.717) is 117 Å². The van der Waals surface area contributed by atoms with E-state index in [-0.39, 0.29) is 12.6 Å². The maximum Gasteiger partial charge on any atom is 0.305 e. The third kappa shape index (κ3) is 23.9. The third-order valence-corrected chi connectivity index (χ3v) is 5.36. The lowest BCUT2D eigenvalue weighted by Crippen LogP contribution is -2.15. The molecule has 2 N–H and O–H groups in total. The fourth-order valence-electron chi connectivity index (χ4n) is 3.23. The number of rotatable bonds is 30. The van der Waals surface area contributed by atoms with E-state index in [9.17, 15) is 4.79 Å². The van der Waals surface area contributed by atoms with Gasteiger partial charge in [0.1, 0.15) is 19.0 Å². The zero-order valence-electron chi connectivity index (χ0n) is 24.3. The van der Waals surface area contributed by atoms with Gasteiger partial charge in [0.2, 0.25) is 0 Å². The minimum Gasteiger partial charge on any atom is -0.489 e. The van der Waals surface area contributed by atoms with E-state index in [4.69, 9.17) is 48.4 Å². The molecule has 0 heterocycles. The molecule has 0 aliphatic carbocycles. The van der Waals surface area contributed by atoms with Crippen molar-refractivity contribution in [2.24, 2.45) is 0 Å². The molecular formula is C29H51NO10. The van der Waals surface area contributed by atoms with Crippen LogP contribution in [0.15, 0.2) is 24.3 Å². The summed E-state index contributed by atoms with van der Waals surface area (Å²) in [5.41, 5.74) is 6.43. The summed E-state index contributed by atoms with van der Waals surface area (Å²) in [5, 5.41) is 0. The summed E-state index contributed by atoms with van der Waals surface area (Å²) in [5.74, 6) is 0.516. The number of hydrogen-bond acceptors (Lipinski definition) is 11. The van der Waals surface area contributed by atoms with Crippen molar-refractivity contribution in [3.63, 3.8) is 0 Å². The molecule has 0 saturated carbocycles. The van der Waals surface area contributed by atoms with Gasteiger partial charge in [0.05, 0.1) is 98.2 Å². The van der Waals surface area contributed by atoms with E-state index in [1.807, 2.05) is 18.2 Å². The molecule has 0 saturated heterocycles. The predicted molar refractivity (Wildman–Crippen MR) is 152 cm³/mol. The number of esters is 1. The normalized spacial score (nSPS) is 11.1. The maximum absolute atomic E-state index is 11.5. The number of nitrogens with two attached hydrogens (primary N) is 1. The van der Waals surface area contributed by atoms with Gasteiger partial charge < -0.3 is 48.4 Å². The second-order valence-corrected chi connectivity index (χ2v) is 8.70. The second-order valence-electron chi connectivity index (χ2n) is 8.70. The van der Waals surface area contributed by atoms with Crippen LogP contribution in [0.25, 0.3) is 0 Å². The van der Waals surface area contributed by atoms with Gasteiger partial charge in [0.15, 0.2) is 0 Å². The Hall–Kier alpha value is -1.99. The molecule has 40 heavy (non-hydrogen) atoms. The minimum absolute atomic E-state index is 0.151. The Morgan fingerprint density at radius 3 is 1.45 bits per heavy atom. The molecule has 0 bridgehead atoms. The number of carbonyl (C=O) groups excluding carboxylic acids is 1. The standard InChI is InChI=1S/C29H51NO10/c1-2-3-4-5-10-29(31)40-26-24-38-22-20-36-18-16-34-14-12-32-11-13-33-15-17-35-19-21-37-23-25-39-28-9-7-6-8-27(28)30/h6-9H,2-5,10-26,30H2,1H3. The highest BCUT2D eigenvalue weighted by Crippen LogP contribution is 2.19. The second kappa shape index (κ2) is 28.5. The number of nitrogen functional groups attached to an aromatic ring is 1. The lowest BCUT2D eigenvalue weighted by molar-refractivity contribution is -0.145. The molecule has 1 rings (SSSR count). The van der Waals surface area contributed by atoms with Crippen LogP contribution in [-0.4, -0.2) is 112 Å². The molecule has 0 radical (unpaired) electrons. The Balaban J connectivity index is 1.67. The van der Waals surface area contributed by atoms with Gasteiger partial charge >= 0.3 is 5.97 Å². The topological polar surface area (TPSA) is 126 Å². The average molecular weight is 574 g/mol. The van der Waals surface area contributed by atoms with Gasteiger partial charge in [0, 0.05) is 6.42 Å². The summed E-state index contributed by atoms with van der Waals surface area (Å²) in [6.45, 7) is 9.61. The summed E-state index contributed by atoms with van der Waals surface area (Å²) < 4.78 is 48.8. The summed E-state index contributed by atoms with van der Waals surface area (Å²) in [7, 11) is 0. The van der Waals surface area contributed by atoms with Gasteiger partial charge in [-0.25, -0.2) is 0 Å². The van der Waals surface area contributed by atoms with Crippen molar-refractivity contribution in [3.05, 3.63) is 24.3 Å². The highest BCUT2D eigenvalue weighted by molar-refractivity contribution is 5.69. The van der Waals surface area contributed by atoms with Gasteiger partial charge in [-0.05, 0) is 18.6 Å². The van der Waals surface area contributed by atoms with E-state index in [0.717, 1.165) is 25.7 Å². The smallest absolute Gasteiger partial charge is 0.305 e. The largest absolute Gasteiger partial charge is 0.489 e. The number of unbranched alkanes of at least 4 members (excludes halogenated alkanes) is 3. The molecule has 1 aromatic rings. The van der Waals surface area contributed by atoms with Gasteiger partial charge in [-0.3, -0.25) is 4.79 Å². The summed E-state index contributed by atoms with van der Waals surface area (Å²) >= 11 is 0. The van der Waals surface area contributed by atoms with E-state index >= 15 is 0 Å². The lowest BCUT2D eigenvalue weighted by atomic mass is 10.2. The molecule has 1 aromatic carbocycles. The van der Waals surface area contributed by atoms with Crippen LogP contribution in [0.4, 0.5) is 5.69 Å². The van der Waals surface area contributed by atoms with Crippen LogP contribution < -0.4 is 10.5 Å². The van der Waals surface area contributed by atoms with E-state index in [2.05, 4.69) is 6.92 Å². The fraction of sp³-hybridized carbons (Fsp3) is 0.759. The molecule has 0 atom stereocenters. The summed E-state index contributed by atoms with van der Waals surface area (Å²) in [4.78, 5) is 11.5. The zero-order valence-corrected chi connectivity index (χ0v) is 24.3. The number of ether oxygens (including phenoxy) is 9. The predicted octanol–water partition coefficient (Wildman–Crippen LogP) is 3.28. The monoisotopic (exact) mass is 573 g/mol. The van der Waals surface area contributed by atoms with E-state index in [1.54, 1.807) is 6.07 Å². The van der Waals surface area contributed by atoms with Gasteiger partial charge in [-0.15, -0.1) is 0 Å². The van der Waals surface area contributed by atoms with Crippen molar-refractivity contribution in [1.82, 2.24) is 0 Å². The van der Waals surface area contributed by atoms with Gasteiger partial charge in [-0.1, -0.05) is 38.3 Å². The van der Waals surface area contributed by atoms with Crippen LogP contribution in [0.2, 0.25) is 0 Å². The fourth-order valence-corrected chi connectivity index (χ4v) is 3.23. The SMILES string of the molecule is CCCCCCC(=O)OCCOCCOCCOCCOCCOCCOCCOCCOc1ccccc1N. The number of para-hydroxylation sites is 2. The van der Waals surface area contributed by atoms with Crippen LogP contribution in [0.5, 0.6) is 5.75 Å². The van der Waals surface area contributed by atoms with Crippen LogP contribution in [0.3, 0.4) is 0 Å². The number of anilines is 1. The van der Waals surface area contributed by atoms with Crippen LogP contribution in [0, 0.1) is 0 Å². The van der Waals surface area contributed by atoms with Crippen molar-refractivity contribution in [2.75, 3.05) is 111 Å². The molecule has 0 spiro atoms.